The van der Waals surface area contributed by atoms with Gasteiger partial charge in [-0.05, 0) is 26.0 Å². The van der Waals surface area contributed by atoms with Crippen LogP contribution in [0, 0.1) is 0 Å². The van der Waals surface area contributed by atoms with E-state index in [1.807, 2.05) is 13.8 Å². The minimum atomic E-state index is 0.00491. The number of nitrogens with zero attached hydrogens (tertiary/aromatic N) is 1. The Hall–Kier alpha value is -1.69. The van der Waals surface area contributed by atoms with Crippen molar-refractivity contribution in [2.24, 2.45) is 5.73 Å². The number of nitrogens with two attached hydrogens (primary N) is 1. The summed E-state index contributed by atoms with van der Waals surface area (Å²) in [5.41, 5.74) is 6.28. The first kappa shape index (κ1) is 14.4. The van der Waals surface area contributed by atoms with Crippen LogP contribution in [-0.2, 0) is 4.79 Å². The molecule has 18 heavy (non-hydrogen) atoms. The zero-order chi connectivity index (χ0) is 13.5. The molecule has 5 nitrogen and oxygen atoms in total. The lowest BCUT2D eigenvalue weighted by Gasteiger charge is -2.11. The van der Waals surface area contributed by atoms with Crippen LogP contribution in [0.2, 0.25) is 0 Å². The average molecular weight is 266 g/mol. The van der Waals surface area contributed by atoms with E-state index in [0.717, 1.165) is 0 Å². The summed E-state index contributed by atoms with van der Waals surface area (Å²) < 4.78 is 0. The second-order valence-corrected chi connectivity index (χ2v) is 4.60. The summed E-state index contributed by atoms with van der Waals surface area (Å²) in [6.07, 6.45) is 2.03. The monoisotopic (exact) mass is 266 g/mol. The van der Waals surface area contributed by atoms with Crippen LogP contribution in [-0.4, -0.2) is 28.5 Å². The van der Waals surface area contributed by atoms with Crippen LogP contribution >= 0.6 is 12.2 Å². The molecule has 0 unspecified atom stereocenters. The van der Waals surface area contributed by atoms with Crippen molar-refractivity contribution < 1.29 is 4.79 Å². The zero-order valence-corrected chi connectivity index (χ0v) is 11.4. The van der Waals surface area contributed by atoms with Gasteiger partial charge in [0.1, 0.15) is 10.8 Å². The van der Waals surface area contributed by atoms with E-state index in [4.69, 9.17) is 18.0 Å². The van der Waals surface area contributed by atoms with Gasteiger partial charge >= 0.3 is 0 Å². The van der Waals surface area contributed by atoms with Crippen molar-refractivity contribution in [3.8, 4) is 0 Å². The summed E-state index contributed by atoms with van der Waals surface area (Å²) in [6, 6.07) is 3.72. The van der Waals surface area contributed by atoms with Crippen molar-refractivity contribution in [3.63, 3.8) is 0 Å². The van der Waals surface area contributed by atoms with Crippen molar-refractivity contribution in [1.82, 2.24) is 10.3 Å². The van der Waals surface area contributed by atoms with Gasteiger partial charge in [-0.3, -0.25) is 4.79 Å². The maximum absolute atomic E-state index is 11.4. The van der Waals surface area contributed by atoms with Crippen LogP contribution in [0.3, 0.4) is 0 Å². The third-order valence-electron chi connectivity index (χ3n) is 2.17. The molecular formula is C12H18N4OS. The van der Waals surface area contributed by atoms with Crippen LogP contribution in [0.15, 0.2) is 18.3 Å². The number of anilines is 1. The SMILES string of the molecule is CC(C)NC(=O)CCNc1ncccc1C(N)=S. The molecular weight excluding hydrogens is 248 g/mol. The number of pyridine rings is 1. The van der Waals surface area contributed by atoms with Crippen molar-refractivity contribution in [1.29, 1.82) is 0 Å². The van der Waals surface area contributed by atoms with Gasteiger partial charge in [0.25, 0.3) is 0 Å². The summed E-state index contributed by atoms with van der Waals surface area (Å²) in [7, 11) is 0. The molecule has 6 heteroatoms. The molecule has 0 radical (unpaired) electrons. The highest BCUT2D eigenvalue weighted by Crippen LogP contribution is 2.10. The van der Waals surface area contributed by atoms with Gasteiger partial charge in [-0.15, -0.1) is 0 Å². The van der Waals surface area contributed by atoms with E-state index in [1.165, 1.54) is 0 Å². The van der Waals surface area contributed by atoms with Gasteiger partial charge in [-0.25, -0.2) is 4.98 Å². The highest BCUT2D eigenvalue weighted by molar-refractivity contribution is 7.80. The summed E-state index contributed by atoms with van der Waals surface area (Å²) in [5.74, 6) is 0.618. The Kier molecular flexibility index (Phi) is 5.51. The standard InChI is InChI=1S/C12H18N4OS/c1-8(2)16-10(17)5-7-15-12-9(11(13)18)4-3-6-14-12/h3-4,6,8H,5,7H2,1-2H3,(H2,13,18)(H,14,15)(H,16,17). The first-order valence-corrected chi connectivity index (χ1v) is 6.19. The highest BCUT2D eigenvalue weighted by atomic mass is 32.1. The molecule has 0 saturated heterocycles. The smallest absolute Gasteiger partial charge is 0.221 e. The van der Waals surface area contributed by atoms with Gasteiger partial charge in [-0.1, -0.05) is 12.2 Å². The molecule has 1 aromatic rings. The predicted octanol–water partition coefficient (Wildman–Crippen LogP) is 1.04. The summed E-state index contributed by atoms with van der Waals surface area (Å²) >= 11 is 4.93. The largest absolute Gasteiger partial charge is 0.389 e. The predicted molar refractivity (Wildman–Crippen MR) is 76.5 cm³/mol. The summed E-state index contributed by atoms with van der Waals surface area (Å²) in [5, 5.41) is 5.88. The van der Waals surface area contributed by atoms with E-state index in [-0.39, 0.29) is 16.9 Å². The van der Waals surface area contributed by atoms with Gasteiger partial charge < -0.3 is 16.4 Å². The highest BCUT2D eigenvalue weighted by Gasteiger charge is 2.07. The van der Waals surface area contributed by atoms with Gasteiger partial charge in [-0.2, -0.15) is 0 Å². The number of carbonyl (C=O) groups excluding carboxylic acids is 1. The fourth-order valence-corrected chi connectivity index (χ4v) is 1.60. The molecule has 0 fully saturated rings. The quantitative estimate of drug-likeness (QED) is 0.670. The molecule has 4 N–H and O–H groups in total. The lowest BCUT2D eigenvalue weighted by atomic mass is 10.2. The molecule has 98 valence electrons. The van der Waals surface area contributed by atoms with Crippen LogP contribution in [0.1, 0.15) is 25.8 Å². The Labute approximate surface area is 112 Å². The number of hydrogen-bond donors (Lipinski definition) is 3. The number of thiocarbonyl (C=S) groups is 1. The van der Waals surface area contributed by atoms with Gasteiger partial charge in [0, 0.05) is 25.2 Å². The second kappa shape index (κ2) is 6.90. The minimum absolute atomic E-state index is 0.00491. The molecule has 1 rings (SSSR count). The van der Waals surface area contributed by atoms with Crippen molar-refractivity contribution in [3.05, 3.63) is 23.9 Å². The molecule has 0 saturated carbocycles. The topological polar surface area (TPSA) is 80.0 Å². The molecule has 0 aromatic carbocycles. The molecule has 0 aliphatic rings. The van der Waals surface area contributed by atoms with Crippen molar-refractivity contribution in [2.45, 2.75) is 26.3 Å². The Morgan fingerprint density at radius 3 is 2.89 bits per heavy atom. The molecule has 0 aliphatic carbocycles. The van der Waals surface area contributed by atoms with E-state index >= 15 is 0 Å². The Bertz CT molecular complexity index is 434. The number of amides is 1. The number of nitrogens with one attached hydrogen (secondary N) is 2. The van der Waals surface area contributed by atoms with E-state index in [0.29, 0.717) is 24.3 Å². The van der Waals surface area contributed by atoms with Gasteiger partial charge in [0.05, 0.1) is 5.56 Å². The zero-order valence-electron chi connectivity index (χ0n) is 10.6. The van der Waals surface area contributed by atoms with E-state index < -0.39 is 0 Å². The Morgan fingerprint density at radius 2 is 2.28 bits per heavy atom. The molecule has 0 aliphatic heterocycles. The maximum Gasteiger partial charge on any atom is 0.221 e. The van der Waals surface area contributed by atoms with Crippen LogP contribution < -0.4 is 16.4 Å². The van der Waals surface area contributed by atoms with Crippen LogP contribution in [0.5, 0.6) is 0 Å². The summed E-state index contributed by atoms with van der Waals surface area (Å²) in [4.78, 5) is 15.9. The van der Waals surface area contributed by atoms with Gasteiger partial charge in [0.15, 0.2) is 0 Å². The number of hydrogen-bond acceptors (Lipinski definition) is 4. The molecule has 1 heterocycles. The number of rotatable bonds is 6. The maximum atomic E-state index is 11.4. The fraction of sp³-hybridized carbons (Fsp3) is 0.417. The first-order valence-electron chi connectivity index (χ1n) is 5.78. The van der Waals surface area contributed by atoms with Crippen molar-refractivity contribution in [2.75, 3.05) is 11.9 Å². The number of aromatic nitrogens is 1. The van der Waals surface area contributed by atoms with Crippen LogP contribution in [0.25, 0.3) is 0 Å². The van der Waals surface area contributed by atoms with Crippen LogP contribution in [0.4, 0.5) is 5.82 Å². The lowest BCUT2D eigenvalue weighted by molar-refractivity contribution is -0.121. The Morgan fingerprint density at radius 1 is 1.56 bits per heavy atom. The van der Waals surface area contributed by atoms with Gasteiger partial charge in [0.2, 0.25) is 5.91 Å². The molecule has 0 bridgehead atoms. The summed E-state index contributed by atoms with van der Waals surface area (Å²) in [6.45, 7) is 4.34. The fourth-order valence-electron chi connectivity index (χ4n) is 1.43. The van der Waals surface area contributed by atoms with E-state index in [2.05, 4.69) is 15.6 Å². The third-order valence-corrected chi connectivity index (χ3v) is 2.39. The molecule has 0 atom stereocenters. The average Bonchev–Trinajstić information content (AvgIpc) is 2.28. The molecule has 1 amide bonds. The van der Waals surface area contributed by atoms with E-state index in [9.17, 15) is 4.79 Å². The van der Waals surface area contributed by atoms with E-state index in [1.54, 1.807) is 18.3 Å². The van der Waals surface area contributed by atoms with Crippen molar-refractivity contribution >= 4 is 28.9 Å². The molecule has 0 spiro atoms. The molecule has 1 aromatic heterocycles. The lowest BCUT2D eigenvalue weighted by Crippen LogP contribution is -2.31. The Balaban J connectivity index is 2.49. The third kappa shape index (κ3) is 4.67. The normalized spacial score (nSPS) is 10.2. The minimum Gasteiger partial charge on any atom is -0.389 e. The number of carbonyl (C=O) groups is 1. The first-order chi connectivity index (χ1) is 8.50. The second-order valence-electron chi connectivity index (χ2n) is 4.16.